The van der Waals surface area contributed by atoms with Crippen LogP contribution in [0.1, 0.15) is 29.5 Å². The molecule has 0 saturated heterocycles. The summed E-state index contributed by atoms with van der Waals surface area (Å²) in [5, 5.41) is 4.21. The first-order valence-electron chi connectivity index (χ1n) is 10.4. The summed E-state index contributed by atoms with van der Waals surface area (Å²) in [5.41, 5.74) is 2.49. The highest BCUT2D eigenvalue weighted by atomic mass is 35.5. The first kappa shape index (κ1) is 22.4. The van der Waals surface area contributed by atoms with Gasteiger partial charge < -0.3 is 24.5 Å². The van der Waals surface area contributed by atoms with Crippen molar-refractivity contribution in [3.8, 4) is 11.5 Å². The van der Waals surface area contributed by atoms with Crippen molar-refractivity contribution in [2.45, 2.75) is 23.8 Å². The number of halogens is 1. The van der Waals surface area contributed by atoms with E-state index in [1.807, 2.05) is 30.3 Å². The number of nitrogens with zero attached hydrogens (tertiary/aromatic N) is 1. The predicted molar refractivity (Wildman–Crippen MR) is 129 cm³/mol. The topological polar surface area (TPSA) is 103 Å². The van der Waals surface area contributed by atoms with E-state index in [9.17, 15) is 9.59 Å². The number of anilines is 1. The fraction of sp³-hybridized carbons (Fsp3) is 0.208. The summed E-state index contributed by atoms with van der Waals surface area (Å²) in [6.45, 7) is 1.88. The number of nitrogens with one attached hydrogen (secondary N) is 2. The number of thioether (sulfide) groups is 1. The van der Waals surface area contributed by atoms with Gasteiger partial charge in [-0.2, -0.15) is 0 Å². The highest BCUT2D eigenvalue weighted by molar-refractivity contribution is 7.98. The zero-order chi connectivity index (χ0) is 23.8. The second-order valence-corrected chi connectivity index (χ2v) is 9.09. The van der Waals surface area contributed by atoms with Gasteiger partial charge in [-0.15, -0.1) is 0 Å². The molecule has 2 N–H and O–H groups in total. The molecule has 0 saturated carbocycles. The molecule has 0 fully saturated rings. The highest BCUT2D eigenvalue weighted by Crippen LogP contribution is 2.43. The molecule has 5 rings (SSSR count). The van der Waals surface area contributed by atoms with Gasteiger partial charge in [-0.1, -0.05) is 47.6 Å². The molecule has 2 aliphatic heterocycles. The molecule has 34 heavy (non-hydrogen) atoms. The lowest BCUT2D eigenvalue weighted by Gasteiger charge is -2.28. The van der Waals surface area contributed by atoms with Gasteiger partial charge in [-0.25, -0.2) is 9.78 Å². The molecular formula is C24H20ClN3O5S. The summed E-state index contributed by atoms with van der Waals surface area (Å²) in [6.07, 6.45) is 0. The monoisotopic (exact) mass is 497 g/mol. The van der Waals surface area contributed by atoms with E-state index < -0.39 is 11.9 Å². The number of hydrogen-bond donors (Lipinski definition) is 2. The van der Waals surface area contributed by atoms with Gasteiger partial charge in [-0.3, -0.25) is 4.79 Å². The molecule has 0 bridgehead atoms. The Kier molecular flexibility index (Phi) is 5.97. The Hall–Kier alpha value is -3.43. The largest absolute Gasteiger partial charge is 0.466 e. The first-order chi connectivity index (χ1) is 16.5. The minimum absolute atomic E-state index is 0.120. The fourth-order valence-corrected chi connectivity index (χ4v) is 5.21. The smallest absolute Gasteiger partial charge is 0.336 e. The number of esters is 1. The van der Waals surface area contributed by atoms with Crippen LogP contribution in [0, 0.1) is 0 Å². The highest BCUT2D eigenvalue weighted by Gasteiger charge is 2.37. The van der Waals surface area contributed by atoms with Crippen molar-refractivity contribution >= 4 is 35.1 Å². The number of methoxy groups -OCH3 is 1. The average molecular weight is 498 g/mol. The van der Waals surface area contributed by atoms with Crippen molar-refractivity contribution in [1.29, 1.82) is 0 Å². The molecular weight excluding hydrogens is 478 g/mol. The van der Waals surface area contributed by atoms with Crippen molar-refractivity contribution in [3.05, 3.63) is 85.8 Å². The number of rotatable bonds is 5. The summed E-state index contributed by atoms with van der Waals surface area (Å²) in [4.78, 5) is 33.6. The summed E-state index contributed by atoms with van der Waals surface area (Å²) >= 11 is 7.62. The second-order valence-electron chi connectivity index (χ2n) is 7.71. The van der Waals surface area contributed by atoms with Crippen LogP contribution < -0.4 is 20.3 Å². The van der Waals surface area contributed by atoms with Crippen molar-refractivity contribution in [2.24, 2.45) is 0 Å². The van der Waals surface area contributed by atoms with E-state index in [1.165, 1.54) is 18.9 Å². The minimum Gasteiger partial charge on any atom is -0.466 e. The lowest BCUT2D eigenvalue weighted by Crippen LogP contribution is -2.31. The van der Waals surface area contributed by atoms with Crippen LogP contribution in [-0.4, -0.2) is 29.8 Å². The summed E-state index contributed by atoms with van der Waals surface area (Å²) < 4.78 is 16.0. The van der Waals surface area contributed by atoms with Crippen molar-refractivity contribution < 1.29 is 19.0 Å². The van der Waals surface area contributed by atoms with Gasteiger partial charge in [-0.05, 0) is 36.2 Å². The van der Waals surface area contributed by atoms with Gasteiger partial charge in [0.05, 0.1) is 24.2 Å². The first-order valence-corrected chi connectivity index (χ1v) is 11.8. The van der Waals surface area contributed by atoms with Gasteiger partial charge >= 0.3 is 5.97 Å². The number of allylic oxidation sites excluding steroid dienone is 1. The van der Waals surface area contributed by atoms with E-state index in [0.29, 0.717) is 55.6 Å². The average Bonchev–Trinajstić information content (AvgIpc) is 3.30. The molecule has 1 atom stereocenters. The zero-order valence-corrected chi connectivity index (χ0v) is 19.9. The van der Waals surface area contributed by atoms with Crippen LogP contribution in [0.3, 0.4) is 0 Å². The maximum Gasteiger partial charge on any atom is 0.336 e. The third-order valence-electron chi connectivity index (χ3n) is 5.68. The molecule has 1 unspecified atom stereocenters. The molecule has 3 heterocycles. The van der Waals surface area contributed by atoms with E-state index in [0.717, 1.165) is 5.56 Å². The van der Waals surface area contributed by atoms with Gasteiger partial charge in [0.15, 0.2) is 16.7 Å². The standard InChI is InChI=1S/C24H20ClN3O5S/c1-12-18(23(30)31-2)19(13-7-8-16-17(9-13)33-11-32-16)20-21(26-12)27-24(28-22(20)29)34-10-14-5-3-4-6-15(14)25/h3-9,19H,10-11H2,1-2H3,(H2,26,27,28,29). The van der Waals surface area contributed by atoms with Crippen LogP contribution in [-0.2, 0) is 15.3 Å². The third kappa shape index (κ3) is 4.01. The Morgan fingerprint density at radius 2 is 2.03 bits per heavy atom. The molecule has 3 aromatic rings. The van der Waals surface area contributed by atoms with Crippen LogP contribution in [0.15, 0.2) is 63.7 Å². The molecule has 0 radical (unpaired) electrons. The molecule has 10 heteroatoms. The van der Waals surface area contributed by atoms with E-state index >= 15 is 0 Å². The lowest BCUT2D eigenvalue weighted by atomic mass is 9.82. The molecule has 0 aliphatic carbocycles. The van der Waals surface area contributed by atoms with Crippen molar-refractivity contribution in [2.75, 3.05) is 19.2 Å². The molecule has 1 aromatic heterocycles. The molecule has 174 valence electrons. The summed E-state index contributed by atoms with van der Waals surface area (Å²) in [6, 6.07) is 12.9. The number of fused-ring (bicyclic) bond motifs is 2. The third-order valence-corrected chi connectivity index (χ3v) is 6.97. The number of ether oxygens (including phenoxy) is 3. The van der Waals surface area contributed by atoms with Crippen molar-refractivity contribution in [1.82, 2.24) is 9.97 Å². The van der Waals surface area contributed by atoms with E-state index in [2.05, 4.69) is 15.3 Å². The maximum absolute atomic E-state index is 13.3. The number of aromatic nitrogens is 2. The maximum atomic E-state index is 13.3. The van der Waals surface area contributed by atoms with Crippen LogP contribution in [0.25, 0.3) is 0 Å². The molecule has 2 aliphatic rings. The number of carbonyl (C=O) groups is 1. The Labute approximate surface area is 204 Å². The normalized spacial score (nSPS) is 16.1. The van der Waals surface area contributed by atoms with Crippen LogP contribution in [0.4, 0.5) is 5.82 Å². The molecule has 0 spiro atoms. The Morgan fingerprint density at radius 1 is 1.24 bits per heavy atom. The van der Waals surface area contributed by atoms with Crippen LogP contribution in [0.5, 0.6) is 11.5 Å². The number of carbonyl (C=O) groups excluding carboxylic acids is 1. The second kappa shape index (κ2) is 9.08. The quantitative estimate of drug-likeness (QED) is 0.303. The van der Waals surface area contributed by atoms with E-state index in [-0.39, 0.29) is 12.4 Å². The van der Waals surface area contributed by atoms with Crippen LogP contribution in [0.2, 0.25) is 5.02 Å². The van der Waals surface area contributed by atoms with Gasteiger partial charge in [0.2, 0.25) is 6.79 Å². The lowest BCUT2D eigenvalue weighted by molar-refractivity contribution is -0.136. The van der Waals surface area contributed by atoms with Gasteiger partial charge in [0.25, 0.3) is 5.56 Å². The summed E-state index contributed by atoms with van der Waals surface area (Å²) in [5.74, 6) is 0.854. The Morgan fingerprint density at radius 3 is 2.82 bits per heavy atom. The zero-order valence-electron chi connectivity index (χ0n) is 18.3. The summed E-state index contributed by atoms with van der Waals surface area (Å²) in [7, 11) is 1.31. The fourth-order valence-electron chi connectivity index (χ4n) is 4.07. The van der Waals surface area contributed by atoms with E-state index in [1.54, 1.807) is 19.1 Å². The molecule has 0 amide bonds. The van der Waals surface area contributed by atoms with E-state index in [4.69, 9.17) is 25.8 Å². The Balaban J connectivity index is 1.57. The molecule has 8 nitrogen and oxygen atoms in total. The number of benzene rings is 2. The van der Waals surface area contributed by atoms with Gasteiger partial charge in [0, 0.05) is 16.5 Å². The number of hydrogen-bond acceptors (Lipinski definition) is 8. The van der Waals surface area contributed by atoms with Gasteiger partial charge in [0.1, 0.15) is 5.82 Å². The molecule has 2 aromatic carbocycles. The SMILES string of the molecule is COC(=O)C1=C(C)Nc2nc(SCc3ccccc3Cl)[nH]c(=O)c2C1c1ccc2c(c1)OCO2. The number of aromatic amines is 1. The van der Waals surface area contributed by atoms with Crippen molar-refractivity contribution in [3.63, 3.8) is 0 Å². The number of H-pyrrole nitrogens is 1. The van der Waals surface area contributed by atoms with Crippen LogP contribution >= 0.6 is 23.4 Å². The Bertz CT molecular complexity index is 1390. The predicted octanol–water partition coefficient (Wildman–Crippen LogP) is 4.45. The minimum atomic E-state index is -0.697.